The van der Waals surface area contributed by atoms with Gasteiger partial charge in [-0.1, -0.05) is 74.3 Å². The van der Waals surface area contributed by atoms with Gasteiger partial charge >= 0.3 is 0 Å². The summed E-state index contributed by atoms with van der Waals surface area (Å²) in [6, 6.07) is 28.8. The molecule has 236 valence electrons. The Bertz CT molecular complexity index is 1690. The molecule has 0 aliphatic carbocycles. The Kier molecular flexibility index (Phi) is 12.2. The molecule has 8 nitrogen and oxygen atoms in total. The second-order valence-electron chi connectivity index (χ2n) is 10.1. The Labute approximate surface area is 281 Å². The normalized spacial score (nSPS) is 11.8. The molecule has 1 unspecified atom stereocenters. The number of nitrogens with zero attached hydrogens (tertiary/aromatic N) is 2. The summed E-state index contributed by atoms with van der Waals surface area (Å²) in [7, 11) is -4.20. The summed E-state index contributed by atoms with van der Waals surface area (Å²) in [4.78, 5) is 29.5. The molecule has 4 aromatic carbocycles. The number of ether oxygens (including phenoxy) is 1. The molecule has 1 N–H and O–H groups in total. The minimum Gasteiger partial charge on any atom is -0.494 e. The van der Waals surface area contributed by atoms with E-state index in [2.05, 4.69) is 37.2 Å². The van der Waals surface area contributed by atoms with Crippen molar-refractivity contribution in [2.75, 3.05) is 24.0 Å². The molecule has 0 saturated heterocycles. The molecule has 0 aliphatic heterocycles. The van der Waals surface area contributed by atoms with E-state index in [1.165, 1.54) is 17.0 Å². The largest absolute Gasteiger partial charge is 0.494 e. The number of nitrogens with one attached hydrogen (secondary N) is 1. The maximum absolute atomic E-state index is 14.5. The predicted molar refractivity (Wildman–Crippen MR) is 184 cm³/mol. The van der Waals surface area contributed by atoms with Crippen LogP contribution in [0.25, 0.3) is 0 Å². The summed E-state index contributed by atoms with van der Waals surface area (Å²) in [6.45, 7) is 4.05. The van der Waals surface area contributed by atoms with Crippen LogP contribution in [0.1, 0.15) is 25.0 Å². The van der Waals surface area contributed by atoms with Gasteiger partial charge in [0.25, 0.3) is 10.0 Å². The molecule has 0 aliphatic rings. The second kappa shape index (κ2) is 16.1. The Balaban J connectivity index is 1.79. The molecular weight excluding hydrogens is 722 g/mol. The van der Waals surface area contributed by atoms with Crippen molar-refractivity contribution in [3.63, 3.8) is 0 Å². The molecule has 11 heteroatoms. The molecule has 2 amide bonds. The lowest BCUT2D eigenvalue weighted by Crippen LogP contribution is -2.53. The SMILES string of the molecule is CCNC(=O)C(Cc1ccccc1)N(Cc1cccc(Br)c1)C(=O)CN(c1ccc(OCC)cc1)S(=O)(=O)c1ccc(Br)cc1. The number of carbonyl (C=O) groups excluding carboxylic acids is 2. The van der Waals surface area contributed by atoms with Gasteiger partial charge in [-0.15, -0.1) is 0 Å². The van der Waals surface area contributed by atoms with Crippen LogP contribution >= 0.6 is 31.9 Å². The van der Waals surface area contributed by atoms with E-state index in [9.17, 15) is 18.0 Å². The van der Waals surface area contributed by atoms with Crippen LogP contribution < -0.4 is 14.4 Å². The lowest BCUT2D eigenvalue weighted by Gasteiger charge is -2.34. The highest BCUT2D eigenvalue weighted by atomic mass is 79.9. The number of sulfonamides is 1. The van der Waals surface area contributed by atoms with Gasteiger partial charge in [0.1, 0.15) is 18.3 Å². The summed E-state index contributed by atoms with van der Waals surface area (Å²) >= 11 is 6.85. The topological polar surface area (TPSA) is 96.0 Å². The first-order chi connectivity index (χ1) is 21.6. The monoisotopic (exact) mass is 755 g/mol. The summed E-state index contributed by atoms with van der Waals surface area (Å²) in [6.07, 6.45) is 0.245. The predicted octanol–water partition coefficient (Wildman–Crippen LogP) is 6.58. The van der Waals surface area contributed by atoms with E-state index in [0.717, 1.165) is 24.4 Å². The molecule has 4 rings (SSSR count). The van der Waals surface area contributed by atoms with Crippen molar-refractivity contribution in [3.05, 3.63) is 123 Å². The lowest BCUT2D eigenvalue weighted by molar-refractivity contribution is -0.140. The third kappa shape index (κ3) is 9.18. The van der Waals surface area contributed by atoms with Gasteiger partial charge in [0, 0.05) is 28.5 Å². The Hall–Kier alpha value is -3.67. The van der Waals surface area contributed by atoms with Crippen molar-refractivity contribution in [2.45, 2.75) is 37.8 Å². The quantitative estimate of drug-likeness (QED) is 0.157. The standard InChI is InChI=1S/C34H35Br2N3O5S/c1-3-37-34(41)32(22-25-9-6-5-7-10-25)38(23-26-11-8-12-28(36)21-26)33(40)24-39(29-15-17-30(18-16-29)44-4-2)45(42,43)31-19-13-27(35)14-20-31/h5-21,32H,3-4,22-24H2,1-2H3,(H,37,41). The molecule has 0 saturated carbocycles. The second-order valence-corrected chi connectivity index (χ2v) is 13.8. The van der Waals surface area contributed by atoms with Gasteiger partial charge in [0.05, 0.1) is 17.2 Å². The summed E-state index contributed by atoms with van der Waals surface area (Å²) in [5.74, 6) is -0.283. The number of hydrogen-bond donors (Lipinski definition) is 1. The first-order valence-corrected chi connectivity index (χ1v) is 17.5. The number of hydrogen-bond acceptors (Lipinski definition) is 5. The van der Waals surface area contributed by atoms with Crippen LogP contribution in [-0.4, -0.2) is 50.9 Å². The minimum absolute atomic E-state index is 0.0236. The van der Waals surface area contributed by atoms with Gasteiger partial charge in [-0.2, -0.15) is 0 Å². The fraction of sp³-hybridized carbons (Fsp3) is 0.235. The van der Waals surface area contributed by atoms with Crippen LogP contribution in [0.4, 0.5) is 5.69 Å². The first kappa shape index (κ1) is 34.2. The maximum Gasteiger partial charge on any atom is 0.264 e. The smallest absolute Gasteiger partial charge is 0.264 e. The molecule has 1 atom stereocenters. The molecule has 0 aromatic heterocycles. The van der Waals surface area contributed by atoms with Crippen molar-refractivity contribution < 1.29 is 22.7 Å². The van der Waals surface area contributed by atoms with Gasteiger partial charge in [-0.25, -0.2) is 8.42 Å². The van der Waals surface area contributed by atoms with E-state index in [1.54, 1.807) is 36.4 Å². The number of halogens is 2. The van der Waals surface area contributed by atoms with Crippen LogP contribution in [0.3, 0.4) is 0 Å². The van der Waals surface area contributed by atoms with Crippen LogP contribution in [0.5, 0.6) is 5.75 Å². The molecule has 0 spiro atoms. The van der Waals surface area contributed by atoms with Crippen LogP contribution in [0.15, 0.2) is 117 Å². The summed E-state index contributed by atoms with van der Waals surface area (Å²) in [5.41, 5.74) is 1.94. The maximum atomic E-state index is 14.5. The number of rotatable bonds is 14. The minimum atomic E-state index is -4.20. The Morgan fingerprint density at radius 3 is 2.11 bits per heavy atom. The van der Waals surface area contributed by atoms with E-state index < -0.39 is 28.5 Å². The highest BCUT2D eigenvalue weighted by Gasteiger charge is 2.34. The lowest BCUT2D eigenvalue weighted by atomic mass is 10.0. The fourth-order valence-electron chi connectivity index (χ4n) is 4.82. The molecule has 0 heterocycles. The molecule has 0 fully saturated rings. The number of benzene rings is 4. The zero-order valence-electron chi connectivity index (χ0n) is 25.0. The molecule has 45 heavy (non-hydrogen) atoms. The summed E-state index contributed by atoms with van der Waals surface area (Å²) in [5, 5.41) is 2.87. The van der Waals surface area contributed by atoms with Gasteiger partial charge in [0.2, 0.25) is 11.8 Å². The average molecular weight is 758 g/mol. The van der Waals surface area contributed by atoms with E-state index in [0.29, 0.717) is 18.9 Å². The van der Waals surface area contributed by atoms with Crippen molar-refractivity contribution in [1.29, 1.82) is 0 Å². The van der Waals surface area contributed by atoms with Crippen molar-refractivity contribution in [2.24, 2.45) is 0 Å². The van der Waals surface area contributed by atoms with Crippen molar-refractivity contribution >= 4 is 59.4 Å². The fourth-order valence-corrected chi connectivity index (χ4v) is 6.94. The molecule has 4 aromatic rings. The van der Waals surface area contributed by atoms with Gasteiger partial charge in [-0.05, 0) is 85.6 Å². The van der Waals surface area contributed by atoms with Crippen molar-refractivity contribution in [1.82, 2.24) is 10.2 Å². The average Bonchev–Trinajstić information content (AvgIpc) is 3.03. The van der Waals surface area contributed by atoms with Gasteiger partial charge < -0.3 is 15.0 Å². The van der Waals surface area contributed by atoms with Crippen LogP contribution in [0, 0.1) is 0 Å². The number of likely N-dealkylation sites (N-methyl/N-ethyl adjacent to an activating group) is 1. The van der Waals surface area contributed by atoms with Gasteiger partial charge in [-0.3, -0.25) is 13.9 Å². The van der Waals surface area contributed by atoms with Crippen LogP contribution in [0.2, 0.25) is 0 Å². The zero-order valence-corrected chi connectivity index (χ0v) is 29.0. The number of carbonyl (C=O) groups is 2. The van der Waals surface area contributed by atoms with E-state index in [4.69, 9.17) is 4.74 Å². The molecule has 0 radical (unpaired) electrons. The number of anilines is 1. The zero-order chi connectivity index (χ0) is 32.4. The number of amides is 2. The first-order valence-electron chi connectivity index (χ1n) is 14.5. The Morgan fingerprint density at radius 1 is 0.822 bits per heavy atom. The Morgan fingerprint density at radius 2 is 1.49 bits per heavy atom. The van der Waals surface area contributed by atoms with Crippen LogP contribution in [-0.2, 0) is 32.6 Å². The third-order valence-corrected chi connectivity index (χ3v) is 9.79. The molecule has 0 bridgehead atoms. The highest BCUT2D eigenvalue weighted by Crippen LogP contribution is 2.28. The van der Waals surface area contributed by atoms with Crippen molar-refractivity contribution in [3.8, 4) is 5.75 Å². The van der Waals surface area contributed by atoms with E-state index >= 15 is 0 Å². The van der Waals surface area contributed by atoms with Gasteiger partial charge in [0.15, 0.2) is 0 Å². The summed E-state index contributed by atoms with van der Waals surface area (Å²) < 4.78 is 36.5. The third-order valence-electron chi connectivity index (χ3n) is 6.98. The molecular formula is C34H35Br2N3O5S. The van der Waals surface area contributed by atoms with E-state index in [-0.39, 0.29) is 29.5 Å². The highest BCUT2D eigenvalue weighted by molar-refractivity contribution is 9.10. The van der Waals surface area contributed by atoms with E-state index in [1.807, 2.05) is 68.4 Å².